The van der Waals surface area contributed by atoms with Crippen LogP contribution in [0.15, 0.2) is 24.3 Å². The molecule has 3 nitrogen and oxygen atoms in total. The van der Waals surface area contributed by atoms with Crippen molar-refractivity contribution in [3.05, 3.63) is 47.3 Å². The van der Waals surface area contributed by atoms with E-state index in [1.54, 1.807) is 6.07 Å². The average Bonchev–Trinajstić information content (AvgIpc) is 2.99. The van der Waals surface area contributed by atoms with Gasteiger partial charge >= 0.3 is 0 Å². The molecule has 4 rings (SSSR count). The van der Waals surface area contributed by atoms with Gasteiger partial charge in [-0.3, -0.25) is 0 Å². The van der Waals surface area contributed by atoms with Crippen molar-refractivity contribution in [2.24, 2.45) is 5.92 Å². The SMILES string of the molecule is Fc1ccccc1C1CCc2nc(CC3CC3)nn21. The molecule has 0 radical (unpaired) electrons. The van der Waals surface area contributed by atoms with E-state index in [4.69, 9.17) is 0 Å². The second kappa shape index (κ2) is 4.15. The van der Waals surface area contributed by atoms with E-state index in [9.17, 15) is 4.39 Å². The van der Waals surface area contributed by atoms with E-state index >= 15 is 0 Å². The molecule has 98 valence electrons. The molecule has 2 heterocycles. The Balaban J connectivity index is 1.67. The summed E-state index contributed by atoms with van der Waals surface area (Å²) in [5.74, 6) is 2.61. The van der Waals surface area contributed by atoms with E-state index in [-0.39, 0.29) is 11.9 Å². The van der Waals surface area contributed by atoms with Crippen LogP contribution < -0.4 is 0 Å². The van der Waals surface area contributed by atoms with E-state index in [1.807, 2.05) is 16.8 Å². The molecule has 1 saturated carbocycles. The molecular weight excluding hydrogens is 241 g/mol. The molecule has 2 aliphatic rings. The molecule has 1 fully saturated rings. The zero-order valence-corrected chi connectivity index (χ0v) is 10.7. The maximum atomic E-state index is 13.9. The van der Waals surface area contributed by atoms with Gasteiger partial charge in [0.2, 0.25) is 0 Å². The highest BCUT2D eigenvalue weighted by atomic mass is 19.1. The second-order valence-electron chi connectivity index (χ2n) is 5.61. The summed E-state index contributed by atoms with van der Waals surface area (Å²) in [4.78, 5) is 4.61. The second-order valence-corrected chi connectivity index (χ2v) is 5.61. The summed E-state index contributed by atoms with van der Waals surface area (Å²) in [6, 6.07) is 7.02. The number of benzene rings is 1. The highest BCUT2D eigenvalue weighted by molar-refractivity contribution is 5.24. The molecule has 1 unspecified atom stereocenters. The monoisotopic (exact) mass is 257 g/mol. The van der Waals surface area contributed by atoms with Crippen molar-refractivity contribution in [3.8, 4) is 0 Å². The fraction of sp³-hybridized carbons (Fsp3) is 0.467. The molecule has 1 aliphatic heterocycles. The Bertz CT molecular complexity index is 616. The standard InChI is InChI=1S/C15H16FN3/c16-12-4-2-1-3-11(12)13-7-8-15-17-14(18-19(13)15)9-10-5-6-10/h1-4,10,13H,5-9H2. The van der Waals surface area contributed by atoms with Crippen LogP contribution in [0.2, 0.25) is 0 Å². The van der Waals surface area contributed by atoms with Crippen LogP contribution in [0, 0.1) is 11.7 Å². The lowest BCUT2D eigenvalue weighted by Crippen LogP contribution is -2.09. The molecule has 19 heavy (non-hydrogen) atoms. The summed E-state index contributed by atoms with van der Waals surface area (Å²) in [7, 11) is 0. The molecule has 1 atom stereocenters. The van der Waals surface area contributed by atoms with Crippen molar-refractivity contribution in [3.63, 3.8) is 0 Å². The third-order valence-electron chi connectivity index (χ3n) is 4.11. The van der Waals surface area contributed by atoms with Gasteiger partial charge in [0, 0.05) is 18.4 Å². The molecule has 0 bridgehead atoms. The number of fused-ring (bicyclic) bond motifs is 1. The zero-order chi connectivity index (χ0) is 12.8. The number of aromatic nitrogens is 3. The fourth-order valence-corrected chi connectivity index (χ4v) is 2.91. The molecule has 0 amide bonds. The van der Waals surface area contributed by atoms with Crippen LogP contribution in [0.1, 0.15) is 42.5 Å². The lowest BCUT2D eigenvalue weighted by atomic mass is 10.0. The largest absolute Gasteiger partial charge is 0.242 e. The summed E-state index contributed by atoms with van der Waals surface area (Å²) in [6.07, 6.45) is 5.40. The number of hydrogen-bond donors (Lipinski definition) is 0. The van der Waals surface area contributed by atoms with Crippen LogP contribution in [-0.2, 0) is 12.8 Å². The maximum absolute atomic E-state index is 13.9. The van der Waals surface area contributed by atoms with Gasteiger partial charge in [0.25, 0.3) is 0 Å². The van der Waals surface area contributed by atoms with Crippen LogP contribution in [0.3, 0.4) is 0 Å². The van der Waals surface area contributed by atoms with Gasteiger partial charge in [-0.25, -0.2) is 14.1 Å². The van der Waals surface area contributed by atoms with Gasteiger partial charge in [-0.15, -0.1) is 0 Å². The average molecular weight is 257 g/mol. The van der Waals surface area contributed by atoms with Gasteiger partial charge in [-0.05, 0) is 31.2 Å². The van der Waals surface area contributed by atoms with Crippen LogP contribution in [0.5, 0.6) is 0 Å². The molecule has 4 heteroatoms. The van der Waals surface area contributed by atoms with Gasteiger partial charge in [-0.1, -0.05) is 18.2 Å². The first-order valence-electron chi connectivity index (χ1n) is 7.00. The summed E-state index contributed by atoms with van der Waals surface area (Å²) < 4.78 is 15.8. The highest BCUT2D eigenvalue weighted by Gasteiger charge is 2.30. The zero-order valence-electron chi connectivity index (χ0n) is 10.7. The Hall–Kier alpha value is -1.71. The Labute approximate surface area is 111 Å². The maximum Gasteiger partial charge on any atom is 0.151 e. The molecule has 1 aromatic carbocycles. The van der Waals surface area contributed by atoms with Crippen molar-refractivity contribution in [1.29, 1.82) is 0 Å². The lowest BCUT2D eigenvalue weighted by molar-refractivity contribution is 0.508. The van der Waals surface area contributed by atoms with E-state index in [1.165, 1.54) is 18.9 Å². The molecule has 1 aromatic heterocycles. The minimum atomic E-state index is -0.139. The quantitative estimate of drug-likeness (QED) is 0.846. The third-order valence-corrected chi connectivity index (χ3v) is 4.11. The minimum Gasteiger partial charge on any atom is -0.242 e. The molecular formula is C15H16FN3. The van der Waals surface area contributed by atoms with Crippen LogP contribution in [0.25, 0.3) is 0 Å². The van der Waals surface area contributed by atoms with Gasteiger partial charge in [0.05, 0.1) is 6.04 Å². The summed E-state index contributed by atoms with van der Waals surface area (Å²) in [5.41, 5.74) is 0.740. The normalized spacial score (nSPS) is 21.6. The van der Waals surface area contributed by atoms with Crippen molar-refractivity contribution >= 4 is 0 Å². The smallest absolute Gasteiger partial charge is 0.151 e. The van der Waals surface area contributed by atoms with Crippen molar-refractivity contribution in [1.82, 2.24) is 14.8 Å². The lowest BCUT2D eigenvalue weighted by Gasteiger charge is -2.12. The molecule has 0 saturated heterocycles. The highest BCUT2D eigenvalue weighted by Crippen LogP contribution is 2.34. The number of aryl methyl sites for hydroxylation is 1. The summed E-state index contributed by atoms with van der Waals surface area (Å²) in [5, 5.41) is 4.61. The van der Waals surface area contributed by atoms with Crippen molar-refractivity contribution in [2.45, 2.75) is 38.1 Å². The first kappa shape index (κ1) is 11.1. The number of rotatable bonds is 3. The number of halogens is 1. The van der Waals surface area contributed by atoms with Crippen LogP contribution >= 0.6 is 0 Å². The van der Waals surface area contributed by atoms with Gasteiger partial charge in [0.15, 0.2) is 5.82 Å². The van der Waals surface area contributed by atoms with Crippen molar-refractivity contribution in [2.75, 3.05) is 0 Å². The first-order valence-corrected chi connectivity index (χ1v) is 7.00. The van der Waals surface area contributed by atoms with E-state index in [0.717, 1.165) is 42.4 Å². The molecule has 0 N–H and O–H groups in total. The van der Waals surface area contributed by atoms with Crippen LogP contribution in [-0.4, -0.2) is 14.8 Å². The molecule has 1 aliphatic carbocycles. The van der Waals surface area contributed by atoms with Gasteiger partial charge in [0.1, 0.15) is 11.6 Å². The molecule has 2 aromatic rings. The minimum absolute atomic E-state index is 0.0247. The predicted molar refractivity (Wildman–Crippen MR) is 69.3 cm³/mol. The summed E-state index contributed by atoms with van der Waals surface area (Å²) in [6.45, 7) is 0. The van der Waals surface area contributed by atoms with Gasteiger partial charge < -0.3 is 0 Å². The number of hydrogen-bond acceptors (Lipinski definition) is 2. The van der Waals surface area contributed by atoms with E-state index in [0.29, 0.717) is 0 Å². The Morgan fingerprint density at radius 2 is 2.05 bits per heavy atom. The fourth-order valence-electron chi connectivity index (χ4n) is 2.91. The topological polar surface area (TPSA) is 30.7 Å². The summed E-state index contributed by atoms with van der Waals surface area (Å²) >= 11 is 0. The van der Waals surface area contributed by atoms with Crippen molar-refractivity contribution < 1.29 is 4.39 Å². The Morgan fingerprint density at radius 3 is 2.84 bits per heavy atom. The Kier molecular flexibility index (Phi) is 2.43. The van der Waals surface area contributed by atoms with Gasteiger partial charge in [-0.2, -0.15) is 5.10 Å². The van der Waals surface area contributed by atoms with E-state index in [2.05, 4.69) is 10.1 Å². The van der Waals surface area contributed by atoms with E-state index < -0.39 is 0 Å². The number of nitrogens with zero attached hydrogens (tertiary/aromatic N) is 3. The van der Waals surface area contributed by atoms with Crippen LogP contribution in [0.4, 0.5) is 4.39 Å². The first-order chi connectivity index (χ1) is 9.31. The molecule has 0 spiro atoms. The Morgan fingerprint density at radius 1 is 1.21 bits per heavy atom. The predicted octanol–water partition coefficient (Wildman–Crippen LogP) is 2.91. The third kappa shape index (κ3) is 1.95.